The molecule has 0 aliphatic carbocycles. The molecule has 0 radical (unpaired) electrons. The topological polar surface area (TPSA) is 55.4 Å². The van der Waals surface area contributed by atoms with Gasteiger partial charge >= 0.3 is 5.97 Å². The van der Waals surface area contributed by atoms with Gasteiger partial charge in [0.1, 0.15) is 10.7 Å². The molecule has 0 fully saturated rings. The van der Waals surface area contributed by atoms with Gasteiger partial charge < -0.3 is 10.1 Å². The van der Waals surface area contributed by atoms with Crippen LogP contribution in [-0.4, -0.2) is 18.5 Å². The van der Waals surface area contributed by atoms with E-state index in [0.29, 0.717) is 15.4 Å². The molecule has 4 nitrogen and oxygen atoms in total. The number of benzene rings is 1. The lowest BCUT2D eigenvalue weighted by Gasteiger charge is -2.04. The van der Waals surface area contributed by atoms with Gasteiger partial charge in [-0.1, -0.05) is 11.6 Å². The molecular formula is C15H13ClFNO3S. The van der Waals surface area contributed by atoms with Crippen LogP contribution in [0.25, 0.3) is 0 Å². The minimum atomic E-state index is -0.516. The molecule has 1 N–H and O–H groups in total. The average molecular weight is 342 g/mol. The van der Waals surface area contributed by atoms with Crippen molar-refractivity contribution in [2.45, 2.75) is 13.8 Å². The number of carbonyl (C=O) groups is 2. The fourth-order valence-electron chi connectivity index (χ4n) is 1.80. The average Bonchev–Trinajstić information content (AvgIpc) is 2.79. The second-order valence-corrected chi connectivity index (χ2v) is 5.88. The van der Waals surface area contributed by atoms with Gasteiger partial charge in [0.2, 0.25) is 0 Å². The first kappa shape index (κ1) is 16.5. The molecule has 1 amide bonds. The summed E-state index contributed by atoms with van der Waals surface area (Å²) in [7, 11) is 0. The summed E-state index contributed by atoms with van der Waals surface area (Å²) in [6, 6.07) is 5.21. The molecule has 0 saturated carbocycles. The summed E-state index contributed by atoms with van der Waals surface area (Å²) in [5, 5.41) is 3.16. The molecule has 2 aromatic rings. The van der Waals surface area contributed by atoms with Crippen molar-refractivity contribution >= 4 is 39.8 Å². The molecule has 0 bridgehead atoms. The number of anilines is 1. The maximum atomic E-state index is 13.0. The summed E-state index contributed by atoms with van der Waals surface area (Å²) >= 11 is 6.96. The number of aryl methyl sites for hydroxylation is 1. The molecule has 116 valence electrons. The fourth-order valence-corrected chi connectivity index (χ4v) is 3.01. The molecule has 0 spiro atoms. The van der Waals surface area contributed by atoms with Crippen LogP contribution in [0, 0.1) is 12.7 Å². The van der Waals surface area contributed by atoms with Crippen LogP contribution in [0.5, 0.6) is 0 Å². The van der Waals surface area contributed by atoms with E-state index in [4.69, 9.17) is 16.3 Å². The van der Waals surface area contributed by atoms with Crippen LogP contribution in [0.15, 0.2) is 24.3 Å². The molecule has 0 unspecified atom stereocenters. The minimum absolute atomic E-state index is 0.0244. The molecule has 0 aliphatic rings. The van der Waals surface area contributed by atoms with Gasteiger partial charge in [-0.3, -0.25) is 4.79 Å². The second-order valence-electron chi connectivity index (χ2n) is 4.42. The SMILES string of the molecule is CCOC(=O)c1sc(NC(=O)c2ccc(F)cc2Cl)cc1C. The van der Waals surface area contributed by atoms with Crippen molar-refractivity contribution < 1.29 is 18.7 Å². The van der Waals surface area contributed by atoms with Gasteiger partial charge in [-0.25, -0.2) is 9.18 Å². The van der Waals surface area contributed by atoms with Gasteiger partial charge in [0.05, 0.1) is 22.2 Å². The predicted octanol–water partition coefficient (Wildman–Crippen LogP) is 4.28. The summed E-state index contributed by atoms with van der Waals surface area (Å²) in [4.78, 5) is 24.3. The maximum absolute atomic E-state index is 13.0. The third-order valence-electron chi connectivity index (χ3n) is 2.79. The Hall–Kier alpha value is -1.92. The second kappa shape index (κ2) is 6.89. The highest BCUT2D eigenvalue weighted by Gasteiger charge is 2.17. The van der Waals surface area contributed by atoms with Crippen molar-refractivity contribution in [2.24, 2.45) is 0 Å². The fraction of sp³-hybridized carbons (Fsp3) is 0.200. The first-order chi connectivity index (χ1) is 10.4. The third-order valence-corrected chi connectivity index (χ3v) is 4.24. The molecule has 0 atom stereocenters. The van der Waals surface area contributed by atoms with E-state index < -0.39 is 17.7 Å². The Morgan fingerprint density at radius 2 is 2.09 bits per heavy atom. The van der Waals surface area contributed by atoms with E-state index in [9.17, 15) is 14.0 Å². The molecule has 7 heteroatoms. The lowest BCUT2D eigenvalue weighted by Crippen LogP contribution is -2.11. The lowest BCUT2D eigenvalue weighted by molar-refractivity contribution is 0.0531. The smallest absolute Gasteiger partial charge is 0.348 e. The van der Waals surface area contributed by atoms with E-state index in [2.05, 4.69) is 5.32 Å². The molecule has 0 aliphatic heterocycles. The van der Waals surface area contributed by atoms with E-state index >= 15 is 0 Å². The molecule has 22 heavy (non-hydrogen) atoms. The van der Waals surface area contributed by atoms with Crippen LogP contribution < -0.4 is 5.32 Å². The molecule has 1 aromatic heterocycles. The maximum Gasteiger partial charge on any atom is 0.348 e. The number of esters is 1. The van der Waals surface area contributed by atoms with Crippen molar-refractivity contribution in [3.05, 3.63) is 51.1 Å². The van der Waals surface area contributed by atoms with Gasteiger partial charge in [0.15, 0.2) is 0 Å². The number of halogens is 2. The predicted molar refractivity (Wildman–Crippen MR) is 84.4 cm³/mol. The van der Waals surface area contributed by atoms with Crippen LogP contribution in [0.1, 0.15) is 32.5 Å². The number of amides is 1. The number of carbonyl (C=O) groups excluding carboxylic acids is 2. The highest BCUT2D eigenvalue weighted by atomic mass is 35.5. The Labute approximate surface area is 135 Å². The van der Waals surface area contributed by atoms with Crippen LogP contribution in [0.3, 0.4) is 0 Å². The Bertz CT molecular complexity index is 730. The van der Waals surface area contributed by atoms with Crippen LogP contribution in [0.2, 0.25) is 5.02 Å². The summed E-state index contributed by atoms with van der Waals surface area (Å²) in [6.07, 6.45) is 0. The van der Waals surface area contributed by atoms with Crippen LogP contribution in [0.4, 0.5) is 9.39 Å². The van der Waals surface area contributed by atoms with E-state index in [1.54, 1.807) is 19.9 Å². The number of hydrogen-bond donors (Lipinski definition) is 1. The van der Waals surface area contributed by atoms with Crippen LogP contribution in [-0.2, 0) is 4.74 Å². The van der Waals surface area contributed by atoms with Gasteiger partial charge in [-0.15, -0.1) is 11.3 Å². The molecule has 2 rings (SSSR count). The van der Waals surface area contributed by atoms with E-state index in [-0.39, 0.29) is 17.2 Å². The zero-order valence-electron chi connectivity index (χ0n) is 11.9. The first-order valence-electron chi connectivity index (χ1n) is 6.46. The number of thiophene rings is 1. The number of nitrogens with one attached hydrogen (secondary N) is 1. The van der Waals surface area contributed by atoms with E-state index in [1.807, 2.05) is 0 Å². The van der Waals surface area contributed by atoms with Crippen molar-refractivity contribution in [1.29, 1.82) is 0 Å². The zero-order chi connectivity index (χ0) is 16.3. The highest BCUT2D eigenvalue weighted by Crippen LogP contribution is 2.28. The van der Waals surface area contributed by atoms with Crippen molar-refractivity contribution in [2.75, 3.05) is 11.9 Å². The van der Waals surface area contributed by atoms with E-state index in [1.165, 1.54) is 6.07 Å². The summed E-state index contributed by atoms with van der Waals surface area (Å²) in [5.41, 5.74) is 0.871. The summed E-state index contributed by atoms with van der Waals surface area (Å²) in [5.74, 6) is -1.41. The Kier molecular flexibility index (Phi) is 5.15. The quantitative estimate of drug-likeness (QED) is 0.844. The largest absolute Gasteiger partial charge is 0.462 e. The molecule has 1 aromatic carbocycles. The lowest BCUT2D eigenvalue weighted by atomic mass is 10.2. The molecule has 0 saturated heterocycles. The monoisotopic (exact) mass is 341 g/mol. The normalized spacial score (nSPS) is 10.4. The van der Waals surface area contributed by atoms with Crippen molar-refractivity contribution in [3.8, 4) is 0 Å². The Morgan fingerprint density at radius 3 is 2.73 bits per heavy atom. The number of hydrogen-bond acceptors (Lipinski definition) is 4. The van der Waals surface area contributed by atoms with Crippen molar-refractivity contribution in [3.63, 3.8) is 0 Å². The Morgan fingerprint density at radius 1 is 1.36 bits per heavy atom. The minimum Gasteiger partial charge on any atom is -0.462 e. The van der Waals surface area contributed by atoms with Gasteiger partial charge in [-0.2, -0.15) is 0 Å². The summed E-state index contributed by atoms with van der Waals surface area (Å²) in [6.45, 7) is 3.76. The third kappa shape index (κ3) is 3.64. The molecule has 1 heterocycles. The van der Waals surface area contributed by atoms with Gasteiger partial charge in [0, 0.05) is 0 Å². The van der Waals surface area contributed by atoms with Gasteiger partial charge in [-0.05, 0) is 43.7 Å². The van der Waals surface area contributed by atoms with E-state index in [0.717, 1.165) is 23.5 Å². The van der Waals surface area contributed by atoms with Crippen LogP contribution >= 0.6 is 22.9 Å². The van der Waals surface area contributed by atoms with Crippen molar-refractivity contribution in [1.82, 2.24) is 0 Å². The Balaban J connectivity index is 2.18. The zero-order valence-corrected chi connectivity index (χ0v) is 13.5. The standard InChI is InChI=1S/C15H13ClFNO3S/c1-3-21-15(20)13-8(2)6-12(22-13)18-14(19)10-5-4-9(17)7-11(10)16/h4-7H,3H2,1-2H3,(H,18,19). The number of ether oxygens (including phenoxy) is 1. The molecular weight excluding hydrogens is 329 g/mol. The van der Waals surface area contributed by atoms with Gasteiger partial charge in [0.25, 0.3) is 5.91 Å². The highest BCUT2D eigenvalue weighted by molar-refractivity contribution is 7.18. The first-order valence-corrected chi connectivity index (χ1v) is 7.65. The summed E-state index contributed by atoms with van der Waals surface area (Å²) < 4.78 is 17.9. The number of rotatable bonds is 4.